The third-order valence-corrected chi connectivity index (χ3v) is 5.26. The average molecular weight is 329 g/mol. The van der Waals surface area contributed by atoms with Gasteiger partial charge in [0.05, 0.1) is 22.5 Å². The minimum atomic E-state index is -0.0135. The van der Waals surface area contributed by atoms with Gasteiger partial charge in [0, 0.05) is 37.3 Å². The molecular weight excluding hydrogens is 310 g/mol. The Hall–Kier alpha value is -1.99. The molecule has 1 aliphatic heterocycles. The van der Waals surface area contributed by atoms with Gasteiger partial charge in [-0.2, -0.15) is 5.10 Å². The predicted octanol–water partition coefficient (Wildman–Crippen LogP) is 2.27. The second-order valence-corrected chi connectivity index (χ2v) is 6.66. The van der Waals surface area contributed by atoms with Crippen LogP contribution >= 0.6 is 11.3 Å². The molecule has 0 saturated heterocycles. The highest BCUT2D eigenvalue weighted by Gasteiger charge is 2.26. The molecule has 7 heteroatoms. The smallest absolute Gasteiger partial charge is 0.150 e. The van der Waals surface area contributed by atoms with Crippen molar-refractivity contribution in [1.29, 1.82) is 0 Å². The maximum Gasteiger partial charge on any atom is 0.150 e. The van der Waals surface area contributed by atoms with E-state index in [0.717, 1.165) is 59.2 Å². The number of fused-ring (bicyclic) bond motifs is 2. The number of hydrogen-bond donors (Lipinski definition) is 1. The molecule has 0 aliphatic carbocycles. The highest BCUT2D eigenvalue weighted by molar-refractivity contribution is 7.17. The summed E-state index contributed by atoms with van der Waals surface area (Å²) in [5.74, 6) is 1.80. The second-order valence-electron chi connectivity index (χ2n) is 5.75. The van der Waals surface area contributed by atoms with E-state index in [1.807, 2.05) is 17.7 Å². The van der Waals surface area contributed by atoms with E-state index in [1.165, 1.54) is 5.69 Å². The van der Waals surface area contributed by atoms with Gasteiger partial charge >= 0.3 is 0 Å². The van der Waals surface area contributed by atoms with Gasteiger partial charge in [-0.25, -0.2) is 9.97 Å². The quantitative estimate of drug-likeness (QED) is 0.798. The number of aliphatic hydroxyl groups is 1. The molecule has 0 atom stereocenters. The van der Waals surface area contributed by atoms with Crippen LogP contribution in [0.5, 0.6) is 0 Å². The van der Waals surface area contributed by atoms with Crippen molar-refractivity contribution in [3.8, 4) is 0 Å². The van der Waals surface area contributed by atoms with Crippen molar-refractivity contribution in [2.75, 3.05) is 11.4 Å². The summed E-state index contributed by atoms with van der Waals surface area (Å²) in [6.45, 7) is 6.50. The number of thiophene rings is 1. The molecule has 0 unspecified atom stereocenters. The highest BCUT2D eigenvalue weighted by Crippen LogP contribution is 2.33. The summed E-state index contributed by atoms with van der Waals surface area (Å²) in [5, 5.41) is 16.2. The molecule has 0 aromatic carbocycles. The Bertz CT molecular complexity index is 869. The lowest BCUT2D eigenvalue weighted by Gasteiger charge is -2.29. The van der Waals surface area contributed by atoms with Gasteiger partial charge in [0.2, 0.25) is 0 Å². The van der Waals surface area contributed by atoms with Crippen LogP contribution in [0.2, 0.25) is 0 Å². The van der Waals surface area contributed by atoms with E-state index in [4.69, 9.17) is 0 Å². The number of nitrogens with zero attached hydrogens (tertiary/aromatic N) is 5. The Morgan fingerprint density at radius 3 is 3.00 bits per heavy atom. The molecule has 4 heterocycles. The third-order valence-electron chi connectivity index (χ3n) is 4.36. The summed E-state index contributed by atoms with van der Waals surface area (Å²) < 4.78 is 3.15. The minimum absolute atomic E-state index is 0.0135. The third kappa shape index (κ3) is 2.31. The Balaban J connectivity index is 1.78. The Morgan fingerprint density at radius 2 is 2.22 bits per heavy atom. The maximum atomic E-state index is 9.62. The number of aliphatic hydroxyl groups excluding tert-OH is 1. The first-order valence-corrected chi connectivity index (χ1v) is 8.74. The van der Waals surface area contributed by atoms with E-state index in [9.17, 15) is 5.11 Å². The number of aryl methyl sites for hydroxylation is 2. The van der Waals surface area contributed by atoms with Gasteiger partial charge in [0.25, 0.3) is 0 Å². The monoisotopic (exact) mass is 329 g/mol. The summed E-state index contributed by atoms with van der Waals surface area (Å²) in [4.78, 5) is 11.5. The van der Waals surface area contributed by atoms with Crippen LogP contribution in [0.1, 0.15) is 29.7 Å². The summed E-state index contributed by atoms with van der Waals surface area (Å²) in [6.07, 6.45) is 0.923. The first kappa shape index (κ1) is 14.6. The standard InChI is InChI=1S/C16H19N5OS/c1-3-21-14-4-6-20(8-11(14)13(9-22)19-21)16-15-12(5-7-23-15)17-10(2)18-16/h5,7,22H,3-4,6,8-9H2,1-2H3. The lowest BCUT2D eigenvalue weighted by atomic mass is 10.1. The molecule has 0 spiro atoms. The average Bonchev–Trinajstić information content (AvgIpc) is 3.17. The zero-order chi connectivity index (χ0) is 16.0. The fraction of sp³-hybridized carbons (Fsp3) is 0.438. The first-order valence-electron chi connectivity index (χ1n) is 7.86. The molecule has 6 nitrogen and oxygen atoms in total. The molecule has 120 valence electrons. The molecule has 1 aliphatic rings. The highest BCUT2D eigenvalue weighted by atomic mass is 32.1. The topological polar surface area (TPSA) is 67.1 Å². The van der Waals surface area contributed by atoms with Crippen LogP contribution in [0.3, 0.4) is 0 Å². The molecule has 0 radical (unpaired) electrons. The van der Waals surface area contributed by atoms with E-state index in [-0.39, 0.29) is 6.61 Å². The lowest BCUT2D eigenvalue weighted by Crippen LogP contribution is -2.32. The molecule has 0 saturated carbocycles. The molecule has 3 aromatic heterocycles. The molecule has 4 rings (SSSR count). The minimum Gasteiger partial charge on any atom is -0.390 e. The van der Waals surface area contributed by atoms with Crippen LogP contribution in [0, 0.1) is 6.92 Å². The molecular formula is C16H19N5OS. The van der Waals surface area contributed by atoms with Gasteiger partial charge in [-0.1, -0.05) is 0 Å². The Morgan fingerprint density at radius 1 is 1.35 bits per heavy atom. The molecule has 0 amide bonds. The van der Waals surface area contributed by atoms with E-state index >= 15 is 0 Å². The van der Waals surface area contributed by atoms with Gasteiger partial charge in [-0.15, -0.1) is 11.3 Å². The number of aromatic nitrogens is 4. The molecule has 23 heavy (non-hydrogen) atoms. The first-order chi connectivity index (χ1) is 11.2. The summed E-state index contributed by atoms with van der Waals surface area (Å²) in [7, 11) is 0. The fourth-order valence-corrected chi connectivity index (χ4v) is 4.15. The van der Waals surface area contributed by atoms with Crippen molar-refractivity contribution in [1.82, 2.24) is 19.7 Å². The van der Waals surface area contributed by atoms with Crippen molar-refractivity contribution < 1.29 is 5.11 Å². The van der Waals surface area contributed by atoms with Gasteiger partial charge < -0.3 is 10.0 Å². The van der Waals surface area contributed by atoms with Crippen LogP contribution < -0.4 is 4.90 Å². The predicted molar refractivity (Wildman–Crippen MR) is 90.7 cm³/mol. The normalized spacial score (nSPS) is 14.5. The number of rotatable bonds is 3. The SMILES string of the molecule is CCn1nc(CO)c2c1CCN(c1nc(C)nc3ccsc13)C2. The molecule has 3 aromatic rings. The molecule has 0 bridgehead atoms. The van der Waals surface area contributed by atoms with E-state index in [1.54, 1.807) is 11.3 Å². The van der Waals surface area contributed by atoms with Crippen LogP contribution in [-0.2, 0) is 26.1 Å². The van der Waals surface area contributed by atoms with Crippen LogP contribution in [0.25, 0.3) is 10.2 Å². The van der Waals surface area contributed by atoms with Crippen LogP contribution in [-0.4, -0.2) is 31.4 Å². The Kier molecular flexibility index (Phi) is 3.54. The van der Waals surface area contributed by atoms with E-state index < -0.39 is 0 Å². The summed E-state index contributed by atoms with van der Waals surface area (Å²) in [5.41, 5.74) is 4.21. The lowest BCUT2D eigenvalue weighted by molar-refractivity contribution is 0.274. The van der Waals surface area contributed by atoms with Gasteiger partial charge in [0.1, 0.15) is 5.82 Å². The van der Waals surface area contributed by atoms with Crippen LogP contribution in [0.4, 0.5) is 5.82 Å². The fourth-order valence-electron chi connectivity index (χ4n) is 3.31. The van der Waals surface area contributed by atoms with Crippen molar-refractivity contribution in [2.24, 2.45) is 0 Å². The van der Waals surface area contributed by atoms with E-state index in [2.05, 4.69) is 32.3 Å². The molecule has 1 N–H and O–H groups in total. The summed E-state index contributed by atoms with van der Waals surface area (Å²) >= 11 is 1.68. The number of hydrogen-bond acceptors (Lipinski definition) is 6. The van der Waals surface area contributed by atoms with Crippen LogP contribution in [0.15, 0.2) is 11.4 Å². The van der Waals surface area contributed by atoms with E-state index in [0.29, 0.717) is 0 Å². The summed E-state index contributed by atoms with van der Waals surface area (Å²) in [6, 6.07) is 2.04. The zero-order valence-electron chi connectivity index (χ0n) is 13.3. The number of anilines is 1. The Labute approximate surface area is 138 Å². The van der Waals surface area contributed by atoms with Crippen molar-refractivity contribution in [3.63, 3.8) is 0 Å². The van der Waals surface area contributed by atoms with Crippen molar-refractivity contribution >= 4 is 27.4 Å². The molecule has 0 fully saturated rings. The van der Waals surface area contributed by atoms with Gasteiger partial charge in [0.15, 0.2) is 5.82 Å². The largest absolute Gasteiger partial charge is 0.390 e. The van der Waals surface area contributed by atoms with Gasteiger partial charge in [-0.05, 0) is 25.3 Å². The van der Waals surface area contributed by atoms with Crippen molar-refractivity contribution in [2.45, 2.75) is 40.0 Å². The maximum absolute atomic E-state index is 9.62. The van der Waals surface area contributed by atoms with Gasteiger partial charge in [-0.3, -0.25) is 4.68 Å². The second kappa shape index (κ2) is 5.58. The zero-order valence-corrected chi connectivity index (χ0v) is 14.1. The van der Waals surface area contributed by atoms with Crippen molar-refractivity contribution in [3.05, 3.63) is 34.2 Å².